The zero-order valence-electron chi connectivity index (χ0n) is 12.4. The van der Waals surface area contributed by atoms with E-state index in [0.717, 1.165) is 27.5 Å². The fourth-order valence-electron chi connectivity index (χ4n) is 2.26. The molecule has 0 aromatic heterocycles. The molecule has 0 spiro atoms. The summed E-state index contributed by atoms with van der Waals surface area (Å²) in [6.07, 6.45) is 0. The van der Waals surface area contributed by atoms with E-state index in [0.29, 0.717) is 0 Å². The maximum Gasteiger partial charge on any atom is 0.302 e. The van der Waals surface area contributed by atoms with Crippen LogP contribution >= 0.6 is 0 Å². The van der Waals surface area contributed by atoms with Crippen molar-refractivity contribution in [1.82, 2.24) is 0 Å². The summed E-state index contributed by atoms with van der Waals surface area (Å²) in [5.41, 5.74) is 2.98. The van der Waals surface area contributed by atoms with Crippen molar-refractivity contribution in [2.24, 2.45) is 0 Å². The molecule has 21 heavy (non-hydrogen) atoms. The molecule has 0 aliphatic heterocycles. The van der Waals surface area contributed by atoms with Crippen molar-refractivity contribution < 1.29 is 19.1 Å². The molecule has 0 heterocycles. The fraction of sp³-hybridized carbons (Fsp3) is 0.294. The maximum absolute atomic E-state index is 11.0. The molecule has 0 aliphatic carbocycles. The van der Waals surface area contributed by atoms with Crippen molar-refractivity contribution in [3.8, 4) is 0 Å². The summed E-state index contributed by atoms with van der Waals surface area (Å²) in [5, 5.41) is 2.02. The Kier molecular flexibility index (Phi) is 4.58. The molecule has 0 bridgehead atoms. The average Bonchev–Trinajstić information content (AvgIpc) is 2.43. The van der Waals surface area contributed by atoms with E-state index in [2.05, 4.69) is 0 Å². The number of ether oxygens (including phenoxy) is 2. The Morgan fingerprint density at radius 1 is 0.905 bits per heavy atom. The predicted octanol–water partition coefficient (Wildman–Crippen LogP) is 3.27. The van der Waals surface area contributed by atoms with Gasteiger partial charge in [-0.3, -0.25) is 9.59 Å². The number of hydrogen-bond acceptors (Lipinski definition) is 4. The molecule has 0 fully saturated rings. The highest BCUT2D eigenvalue weighted by Gasteiger charge is 2.10. The standard InChI is InChI=1S/C17H18O4/c1-11-7-8-15-14(9-20-12(2)18)5-4-6-16(15)17(11)10-21-13(3)19/h4-8H,9-10H2,1-3H3. The van der Waals surface area contributed by atoms with Gasteiger partial charge in [-0.1, -0.05) is 30.3 Å². The van der Waals surface area contributed by atoms with Crippen LogP contribution in [0.2, 0.25) is 0 Å². The Bertz CT molecular complexity index is 688. The smallest absolute Gasteiger partial charge is 0.302 e. The Labute approximate surface area is 123 Å². The van der Waals surface area contributed by atoms with Crippen molar-refractivity contribution in [3.63, 3.8) is 0 Å². The lowest BCUT2D eigenvalue weighted by molar-refractivity contribution is -0.143. The number of carbonyl (C=O) groups excluding carboxylic acids is 2. The van der Waals surface area contributed by atoms with E-state index in [-0.39, 0.29) is 25.2 Å². The van der Waals surface area contributed by atoms with Gasteiger partial charge in [0.15, 0.2) is 0 Å². The summed E-state index contributed by atoms with van der Waals surface area (Å²) in [5.74, 6) is -0.610. The lowest BCUT2D eigenvalue weighted by atomic mass is 9.97. The molecule has 0 aliphatic rings. The number of carbonyl (C=O) groups is 2. The predicted molar refractivity (Wildman–Crippen MR) is 79.6 cm³/mol. The van der Waals surface area contributed by atoms with Gasteiger partial charge >= 0.3 is 11.9 Å². The molecule has 4 nitrogen and oxygen atoms in total. The topological polar surface area (TPSA) is 52.6 Å². The first-order valence-electron chi connectivity index (χ1n) is 6.76. The van der Waals surface area contributed by atoms with E-state index in [9.17, 15) is 9.59 Å². The zero-order chi connectivity index (χ0) is 15.4. The van der Waals surface area contributed by atoms with Crippen LogP contribution in [0, 0.1) is 6.92 Å². The van der Waals surface area contributed by atoms with Gasteiger partial charge in [-0.2, -0.15) is 0 Å². The largest absolute Gasteiger partial charge is 0.461 e. The van der Waals surface area contributed by atoms with E-state index in [1.54, 1.807) is 0 Å². The van der Waals surface area contributed by atoms with Gasteiger partial charge in [-0.25, -0.2) is 0 Å². The molecule has 0 radical (unpaired) electrons. The van der Waals surface area contributed by atoms with Gasteiger partial charge in [0.1, 0.15) is 13.2 Å². The number of aryl methyl sites for hydroxylation is 1. The number of fused-ring (bicyclic) bond motifs is 1. The molecular weight excluding hydrogens is 268 g/mol. The number of rotatable bonds is 4. The number of hydrogen-bond donors (Lipinski definition) is 0. The van der Waals surface area contributed by atoms with Gasteiger partial charge in [0.2, 0.25) is 0 Å². The Hall–Kier alpha value is -2.36. The molecule has 0 N–H and O–H groups in total. The minimum Gasteiger partial charge on any atom is -0.461 e. The minimum atomic E-state index is -0.306. The molecule has 0 atom stereocenters. The van der Waals surface area contributed by atoms with Gasteiger partial charge in [-0.05, 0) is 28.8 Å². The summed E-state index contributed by atoms with van der Waals surface area (Å²) in [7, 11) is 0. The van der Waals surface area contributed by atoms with Gasteiger partial charge in [0, 0.05) is 19.4 Å². The van der Waals surface area contributed by atoms with E-state index in [1.807, 2.05) is 37.3 Å². The molecule has 0 saturated carbocycles. The van der Waals surface area contributed by atoms with Gasteiger partial charge in [0.25, 0.3) is 0 Å². The third-order valence-electron chi connectivity index (χ3n) is 3.35. The number of esters is 2. The van der Waals surface area contributed by atoms with Crippen LogP contribution in [0.3, 0.4) is 0 Å². The van der Waals surface area contributed by atoms with Crippen molar-refractivity contribution >= 4 is 22.7 Å². The second-order valence-corrected chi connectivity index (χ2v) is 4.93. The molecule has 110 valence electrons. The van der Waals surface area contributed by atoms with Crippen LogP contribution in [0.4, 0.5) is 0 Å². The van der Waals surface area contributed by atoms with E-state index >= 15 is 0 Å². The van der Waals surface area contributed by atoms with Crippen LogP contribution in [-0.2, 0) is 32.3 Å². The zero-order valence-corrected chi connectivity index (χ0v) is 12.4. The SMILES string of the molecule is CC(=O)OCc1cccc2c(COC(C)=O)c(C)ccc12. The molecule has 0 saturated heterocycles. The summed E-state index contributed by atoms with van der Waals surface area (Å²) in [4.78, 5) is 22.0. The second kappa shape index (κ2) is 6.39. The summed E-state index contributed by atoms with van der Waals surface area (Å²) in [6.45, 7) is 5.25. The molecule has 2 aromatic rings. The normalized spacial score (nSPS) is 10.4. The first-order valence-corrected chi connectivity index (χ1v) is 6.76. The lowest BCUT2D eigenvalue weighted by Gasteiger charge is -2.13. The molecule has 2 rings (SSSR count). The first kappa shape index (κ1) is 15.0. The van der Waals surface area contributed by atoms with Crippen molar-refractivity contribution in [3.05, 3.63) is 47.0 Å². The first-order chi connectivity index (χ1) is 9.99. The van der Waals surface area contributed by atoms with E-state index in [4.69, 9.17) is 9.47 Å². The van der Waals surface area contributed by atoms with Crippen LogP contribution in [0.15, 0.2) is 30.3 Å². The summed E-state index contributed by atoms with van der Waals surface area (Å²) >= 11 is 0. The van der Waals surface area contributed by atoms with Gasteiger partial charge in [0.05, 0.1) is 0 Å². The molecule has 0 amide bonds. The van der Waals surface area contributed by atoms with Crippen LogP contribution < -0.4 is 0 Å². The quantitative estimate of drug-likeness (QED) is 0.809. The third-order valence-corrected chi connectivity index (χ3v) is 3.35. The molecule has 0 unspecified atom stereocenters. The minimum absolute atomic E-state index is 0.239. The Balaban J connectivity index is 2.44. The van der Waals surface area contributed by atoms with Crippen LogP contribution in [-0.4, -0.2) is 11.9 Å². The number of benzene rings is 2. The summed E-state index contributed by atoms with van der Waals surface area (Å²) < 4.78 is 10.2. The highest BCUT2D eigenvalue weighted by Crippen LogP contribution is 2.26. The highest BCUT2D eigenvalue weighted by molar-refractivity contribution is 5.89. The second-order valence-electron chi connectivity index (χ2n) is 4.93. The van der Waals surface area contributed by atoms with Crippen molar-refractivity contribution in [2.45, 2.75) is 34.0 Å². The van der Waals surface area contributed by atoms with Crippen LogP contribution in [0.25, 0.3) is 10.8 Å². The lowest BCUT2D eigenvalue weighted by Crippen LogP contribution is -2.03. The van der Waals surface area contributed by atoms with Crippen LogP contribution in [0.5, 0.6) is 0 Å². The Morgan fingerprint density at radius 3 is 2.24 bits per heavy atom. The molecular formula is C17H18O4. The fourth-order valence-corrected chi connectivity index (χ4v) is 2.26. The van der Waals surface area contributed by atoms with Crippen molar-refractivity contribution in [2.75, 3.05) is 0 Å². The molecule has 4 heteroatoms. The third kappa shape index (κ3) is 3.60. The van der Waals surface area contributed by atoms with Gasteiger partial charge in [-0.15, -0.1) is 0 Å². The van der Waals surface area contributed by atoms with Crippen LogP contribution in [0.1, 0.15) is 30.5 Å². The average molecular weight is 286 g/mol. The van der Waals surface area contributed by atoms with Crippen molar-refractivity contribution in [1.29, 1.82) is 0 Å². The Morgan fingerprint density at radius 2 is 1.57 bits per heavy atom. The van der Waals surface area contributed by atoms with E-state index in [1.165, 1.54) is 13.8 Å². The maximum atomic E-state index is 11.0. The van der Waals surface area contributed by atoms with E-state index < -0.39 is 0 Å². The summed E-state index contributed by atoms with van der Waals surface area (Å²) in [6, 6.07) is 9.81. The monoisotopic (exact) mass is 286 g/mol. The van der Waals surface area contributed by atoms with Gasteiger partial charge < -0.3 is 9.47 Å². The highest BCUT2D eigenvalue weighted by atomic mass is 16.5. The molecule has 2 aromatic carbocycles.